The van der Waals surface area contributed by atoms with Crippen LogP contribution in [0.1, 0.15) is 32.2 Å². The van der Waals surface area contributed by atoms with Crippen molar-refractivity contribution < 1.29 is 5.11 Å². The van der Waals surface area contributed by atoms with E-state index in [2.05, 4.69) is 40.2 Å². The highest BCUT2D eigenvalue weighted by atomic mass is 79.9. The van der Waals surface area contributed by atoms with Crippen LogP contribution in [0, 0.1) is 5.92 Å². The lowest BCUT2D eigenvalue weighted by Gasteiger charge is -2.19. The Morgan fingerprint density at radius 2 is 2.12 bits per heavy atom. The minimum absolute atomic E-state index is 0.209. The zero-order valence-electron chi connectivity index (χ0n) is 11.0. The molecule has 0 saturated carbocycles. The van der Waals surface area contributed by atoms with E-state index in [9.17, 15) is 0 Å². The minimum atomic E-state index is 0.209. The number of hydrogen-bond acceptors (Lipinski definition) is 3. The molecular weight excluding hydrogens is 282 g/mol. The summed E-state index contributed by atoms with van der Waals surface area (Å²) in [6.45, 7) is 7.19. The van der Waals surface area contributed by atoms with Gasteiger partial charge in [0.2, 0.25) is 0 Å². The van der Waals surface area contributed by atoms with Crippen LogP contribution in [0.5, 0.6) is 0 Å². The molecule has 0 aliphatic rings. The van der Waals surface area contributed by atoms with Gasteiger partial charge in [0, 0.05) is 26.2 Å². The maximum atomic E-state index is 9.09. The van der Waals surface area contributed by atoms with Gasteiger partial charge in [-0.15, -0.1) is 0 Å². The van der Waals surface area contributed by atoms with Crippen molar-refractivity contribution in [1.29, 1.82) is 0 Å². The highest BCUT2D eigenvalue weighted by Crippen LogP contribution is 2.21. The molecule has 98 valence electrons. The zero-order valence-corrected chi connectivity index (χ0v) is 12.6. The van der Waals surface area contributed by atoms with Gasteiger partial charge in [-0.3, -0.25) is 4.68 Å². The molecule has 0 aromatic carbocycles. The number of aliphatic hydroxyl groups is 1. The fourth-order valence-electron chi connectivity index (χ4n) is 1.63. The third-order valence-electron chi connectivity index (χ3n) is 3.24. The molecule has 0 aliphatic heterocycles. The van der Waals surface area contributed by atoms with Crippen molar-refractivity contribution in [1.82, 2.24) is 15.1 Å². The van der Waals surface area contributed by atoms with E-state index in [-0.39, 0.29) is 18.6 Å². The molecule has 2 N–H and O–H groups in total. The topological polar surface area (TPSA) is 50.1 Å². The molecule has 0 saturated heterocycles. The van der Waals surface area contributed by atoms with Crippen LogP contribution in [-0.2, 0) is 20.0 Å². The third-order valence-corrected chi connectivity index (χ3v) is 4.15. The van der Waals surface area contributed by atoms with Gasteiger partial charge in [-0.25, -0.2) is 0 Å². The molecule has 1 aromatic rings. The second kappa shape index (κ2) is 6.52. The van der Waals surface area contributed by atoms with E-state index in [0.717, 1.165) is 28.8 Å². The molecule has 0 spiro atoms. The lowest BCUT2D eigenvalue weighted by atomic mass is 10.1. The van der Waals surface area contributed by atoms with E-state index in [1.807, 2.05) is 18.7 Å². The number of aryl methyl sites for hydroxylation is 2. The van der Waals surface area contributed by atoms with Crippen molar-refractivity contribution in [2.45, 2.75) is 39.8 Å². The lowest BCUT2D eigenvalue weighted by Crippen LogP contribution is -2.34. The van der Waals surface area contributed by atoms with Crippen LogP contribution in [-0.4, -0.2) is 27.5 Å². The smallest absolute Gasteiger partial charge is 0.0767 e. The van der Waals surface area contributed by atoms with Crippen LogP contribution in [0.4, 0.5) is 0 Å². The SMILES string of the molecule is CCc1nn(C)c(CNC(C)C(C)CO)c1Br. The number of nitrogens with one attached hydrogen (secondary N) is 1. The van der Waals surface area contributed by atoms with Crippen molar-refractivity contribution in [2.75, 3.05) is 6.61 Å². The van der Waals surface area contributed by atoms with Gasteiger partial charge in [0.25, 0.3) is 0 Å². The largest absolute Gasteiger partial charge is 0.396 e. The predicted molar refractivity (Wildman–Crippen MR) is 72.8 cm³/mol. The van der Waals surface area contributed by atoms with E-state index in [4.69, 9.17) is 5.11 Å². The van der Waals surface area contributed by atoms with E-state index in [1.165, 1.54) is 0 Å². The van der Waals surface area contributed by atoms with Crippen LogP contribution < -0.4 is 5.32 Å². The maximum Gasteiger partial charge on any atom is 0.0767 e. The summed E-state index contributed by atoms with van der Waals surface area (Å²) in [5.74, 6) is 0.257. The summed E-state index contributed by atoms with van der Waals surface area (Å²) in [6.07, 6.45) is 0.928. The van der Waals surface area contributed by atoms with E-state index in [0.29, 0.717) is 0 Å². The molecule has 4 nitrogen and oxygen atoms in total. The lowest BCUT2D eigenvalue weighted by molar-refractivity contribution is 0.206. The van der Waals surface area contributed by atoms with Gasteiger partial charge in [0.05, 0.1) is 15.9 Å². The molecule has 17 heavy (non-hydrogen) atoms. The standard InChI is InChI=1S/C12H22BrN3O/c1-5-10-12(13)11(16(4)15-10)6-14-9(3)8(2)7-17/h8-9,14,17H,5-7H2,1-4H3. The number of rotatable bonds is 6. The van der Waals surface area contributed by atoms with Crippen LogP contribution in [0.3, 0.4) is 0 Å². The predicted octanol–water partition coefficient (Wildman–Crippen LogP) is 1.85. The average Bonchev–Trinajstić information content (AvgIpc) is 2.60. The third kappa shape index (κ3) is 3.53. The molecule has 1 rings (SSSR count). The molecule has 0 bridgehead atoms. The monoisotopic (exact) mass is 303 g/mol. The number of halogens is 1. The van der Waals surface area contributed by atoms with Gasteiger partial charge in [-0.05, 0) is 35.2 Å². The highest BCUT2D eigenvalue weighted by Gasteiger charge is 2.15. The van der Waals surface area contributed by atoms with E-state index in [1.54, 1.807) is 0 Å². The normalized spacial score (nSPS) is 14.9. The Hall–Kier alpha value is -0.390. The molecule has 1 aromatic heterocycles. The summed E-state index contributed by atoms with van der Waals surface area (Å²) in [7, 11) is 1.96. The fourth-order valence-corrected chi connectivity index (χ4v) is 2.39. The molecule has 0 aliphatic carbocycles. The van der Waals surface area contributed by atoms with Gasteiger partial charge in [0.15, 0.2) is 0 Å². The first kappa shape index (κ1) is 14.7. The molecular formula is C12H22BrN3O. The van der Waals surface area contributed by atoms with E-state index < -0.39 is 0 Å². The Bertz CT molecular complexity index is 365. The molecule has 1 heterocycles. The van der Waals surface area contributed by atoms with Crippen molar-refractivity contribution in [2.24, 2.45) is 13.0 Å². The van der Waals surface area contributed by atoms with Gasteiger partial charge < -0.3 is 10.4 Å². The molecule has 0 amide bonds. The number of aromatic nitrogens is 2. The maximum absolute atomic E-state index is 9.09. The average molecular weight is 304 g/mol. The summed E-state index contributed by atoms with van der Waals surface area (Å²) in [5.41, 5.74) is 2.24. The summed E-state index contributed by atoms with van der Waals surface area (Å²) in [5, 5.41) is 17.0. The summed E-state index contributed by atoms with van der Waals surface area (Å²) in [6, 6.07) is 0.284. The fraction of sp³-hybridized carbons (Fsp3) is 0.750. The van der Waals surface area contributed by atoms with Crippen molar-refractivity contribution >= 4 is 15.9 Å². The van der Waals surface area contributed by atoms with Crippen LogP contribution in [0.25, 0.3) is 0 Å². The van der Waals surface area contributed by atoms with Crippen LogP contribution in [0.15, 0.2) is 4.47 Å². The first-order valence-electron chi connectivity index (χ1n) is 6.05. The van der Waals surface area contributed by atoms with Gasteiger partial charge >= 0.3 is 0 Å². The molecule has 5 heteroatoms. The van der Waals surface area contributed by atoms with Crippen LogP contribution >= 0.6 is 15.9 Å². The van der Waals surface area contributed by atoms with Crippen molar-refractivity contribution in [3.63, 3.8) is 0 Å². The minimum Gasteiger partial charge on any atom is -0.396 e. The molecule has 2 unspecified atom stereocenters. The number of nitrogens with zero attached hydrogens (tertiary/aromatic N) is 2. The quantitative estimate of drug-likeness (QED) is 0.843. The number of hydrogen-bond donors (Lipinski definition) is 2. The second-order valence-electron chi connectivity index (χ2n) is 4.51. The van der Waals surface area contributed by atoms with Crippen molar-refractivity contribution in [3.05, 3.63) is 15.9 Å². The number of aliphatic hydroxyl groups excluding tert-OH is 1. The first-order chi connectivity index (χ1) is 8.01. The molecule has 2 atom stereocenters. The summed E-state index contributed by atoms with van der Waals surface area (Å²) >= 11 is 3.59. The van der Waals surface area contributed by atoms with E-state index >= 15 is 0 Å². The Balaban J connectivity index is 2.66. The van der Waals surface area contributed by atoms with Gasteiger partial charge in [0.1, 0.15) is 0 Å². The Morgan fingerprint density at radius 3 is 2.59 bits per heavy atom. The summed E-state index contributed by atoms with van der Waals surface area (Å²) in [4.78, 5) is 0. The van der Waals surface area contributed by atoms with Gasteiger partial charge in [-0.1, -0.05) is 13.8 Å². The van der Waals surface area contributed by atoms with Crippen molar-refractivity contribution in [3.8, 4) is 0 Å². The Morgan fingerprint density at radius 1 is 1.47 bits per heavy atom. The molecule has 0 radical (unpaired) electrons. The molecule has 0 fully saturated rings. The Labute approximate surface area is 112 Å². The van der Waals surface area contributed by atoms with Gasteiger partial charge in [-0.2, -0.15) is 5.10 Å². The summed E-state index contributed by atoms with van der Waals surface area (Å²) < 4.78 is 3.01. The zero-order chi connectivity index (χ0) is 13.0. The highest BCUT2D eigenvalue weighted by molar-refractivity contribution is 9.10. The second-order valence-corrected chi connectivity index (χ2v) is 5.31. The Kier molecular flexibility index (Phi) is 5.62. The van der Waals surface area contributed by atoms with Crippen LogP contribution in [0.2, 0.25) is 0 Å². The first-order valence-corrected chi connectivity index (χ1v) is 6.85.